The van der Waals surface area contributed by atoms with Gasteiger partial charge in [0.15, 0.2) is 5.76 Å². The van der Waals surface area contributed by atoms with Crippen LogP contribution in [0.3, 0.4) is 0 Å². The van der Waals surface area contributed by atoms with Crippen LogP contribution in [0.2, 0.25) is 0 Å². The Labute approximate surface area is 172 Å². The number of rotatable bonds is 4. The minimum absolute atomic E-state index is 0.0790. The zero-order valence-electron chi connectivity index (χ0n) is 16.4. The van der Waals surface area contributed by atoms with Gasteiger partial charge in [-0.3, -0.25) is 9.59 Å². The van der Waals surface area contributed by atoms with E-state index in [1.807, 2.05) is 18.2 Å². The summed E-state index contributed by atoms with van der Waals surface area (Å²) in [6.45, 7) is 1.79. The molecule has 2 aromatic carbocycles. The van der Waals surface area contributed by atoms with Crippen LogP contribution in [0.25, 0.3) is 0 Å². The van der Waals surface area contributed by atoms with Crippen LogP contribution in [0.1, 0.15) is 50.6 Å². The Morgan fingerprint density at radius 2 is 1.73 bits per heavy atom. The molecule has 6 nitrogen and oxygen atoms in total. The number of anilines is 1. The van der Waals surface area contributed by atoms with E-state index in [1.54, 1.807) is 25.1 Å². The van der Waals surface area contributed by atoms with E-state index in [0.29, 0.717) is 35.6 Å². The normalized spacial score (nSPS) is 14.3. The second kappa shape index (κ2) is 8.32. The molecule has 7 heteroatoms. The van der Waals surface area contributed by atoms with Crippen molar-refractivity contribution in [3.05, 3.63) is 88.6 Å². The lowest BCUT2D eigenvalue weighted by atomic mass is 9.93. The fraction of sp³-hybridized carbons (Fsp3) is 0.174. The largest absolute Gasteiger partial charge is 0.455 e. The molecule has 1 heterocycles. The maximum absolute atomic E-state index is 13.8. The van der Waals surface area contributed by atoms with E-state index >= 15 is 0 Å². The number of furan rings is 1. The van der Waals surface area contributed by atoms with Gasteiger partial charge in [0.25, 0.3) is 11.8 Å². The summed E-state index contributed by atoms with van der Waals surface area (Å²) >= 11 is 0. The Hall–Kier alpha value is -3.74. The number of carbonyl (C=O) groups is 2. The van der Waals surface area contributed by atoms with Gasteiger partial charge in [-0.2, -0.15) is 5.10 Å². The molecule has 0 spiro atoms. The molecule has 0 atom stereocenters. The molecule has 0 fully saturated rings. The monoisotopic (exact) mass is 405 g/mol. The Morgan fingerprint density at radius 1 is 1.00 bits per heavy atom. The molecule has 0 saturated carbocycles. The van der Waals surface area contributed by atoms with E-state index in [4.69, 9.17) is 4.42 Å². The molecular formula is C23H20FN3O3. The van der Waals surface area contributed by atoms with E-state index in [9.17, 15) is 14.0 Å². The zero-order valence-corrected chi connectivity index (χ0v) is 16.4. The SMILES string of the molecule is Cc1c(C(=O)Nc2ccccc2)oc2c1/C(=N/NC(=O)c1ccccc1F)CCC2. The summed E-state index contributed by atoms with van der Waals surface area (Å²) in [5.74, 6) is -0.701. The van der Waals surface area contributed by atoms with Gasteiger partial charge < -0.3 is 9.73 Å². The number of aryl methyl sites for hydroxylation is 1. The van der Waals surface area contributed by atoms with Gasteiger partial charge in [-0.15, -0.1) is 0 Å². The topological polar surface area (TPSA) is 83.7 Å². The first-order valence-corrected chi connectivity index (χ1v) is 9.65. The molecule has 30 heavy (non-hydrogen) atoms. The number of nitrogens with one attached hydrogen (secondary N) is 2. The molecule has 152 valence electrons. The molecule has 0 unspecified atom stereocenters. The van der Waals surface area contributed by atoms with Crippen LogP contribution in [0.15, 0.2) is 64.1 Å². The van der Waals surface area contributed by atoms with E-state index in [2.05, 4.69) is 15.8 Å². The number of hydrogen-bond donors (Lipinski definition) is 2. The Bertz CT molecular complexity index is 1140. The molecular weight excluding hydrogens is 385 g/mol. The number of fused-ring (bicyclic) bond motifs is 1. The maximum atomic E-state index is 13.8. The number of benzene rings is 2. The van der Waals surface area contributed by atoms with Crippen LogP contribution in [-0.4, -0.2) is 17.5 Å². The number of hydrazone groups is 1. The first-order chi connectivity index (χ1) is 14.5. The molecule has 1 aliphatic rings. The first-order valence-electron chi connectivity index (χ1n) is 9.65. The fourth-order valence-corrected chi connectivity index (χ4v) is 3.53. The molecule has 1 aromatic heterocycles. The minimum atomic E-state index is -0.629. The number of halogens is 1. The summed E-state index contributed by atoms with van der Waals surface area (Å²) in [6, 6.07) is 14.8. The van der Waals surface area contributed by atoms with Crippen molar-refractivity contribution in [3.63, 3.8) is 0 Å². The minimum Gasteiger partial charge on any atom is -0.455 e. The molecule has 2 amide bonds. The Balaban J connectivity index is 1.58. The Morgan fingerprint density at radius 3 is 2.50 bits per heavy atom. The van der Waals surface area contributed by atoms with Crippen molar-refractivity contribution in [2.75, 3.05) is 5.32 Å². The maximum Gasteiger partial charge on any atom is 0.291 e. The number of carbonyl (C=O) groups excluding carboxylic acids is 2. The van der Waals surface area contributed by atoms with E-state index in [1.165, 1.54) is 18.2 Å². The molecule has 4 rings (SSSR count). The van der Waals surface area contributed by atoms with Gasteiger partial charge in [0.1, 0.15) is 11.6 Å². The number of hydrogen-bond acceptors (Lipinski definition) is 4. The highest BCUT2D eigenvalue weighted by Gasteiger charge is 2.28. The summed E-state index contributed by atoms with van der Waals surface area (Å²) in [6.07, 6.45) is 2.06. The van der Waals surface area contributed by atoms with E-state index in [-0.39, 0.29) is 17.2 Å². The highest BCUT2D eigenvalue weighted by molar-refractivity contribution is 6.09. The molecule has 2 N–H and O–H groups in total. The van der Waals surface area contributed by atoms with Crippen molar-refractivity contribution < 1.29 is 18.4 Å². The quantitative estimate of drug-likeness (QED) is 0.629. The fourth-order valence-electron chi connectivity index (χ4n) is 3.53. The summed E-state index contributed by atoms with van der Waals surface area (Å²) in [4.78, 5) is 25.0. The summed E-state index contributed by atoms with van der Waals surface area (Å²) in [5.41, 5.74) is 5.02. The lowest BCUT2D eigenvalue weighted by Gasteiger charge is -2.13. The van der Waals surface area contributed by atoms with Crippen molar-refractivity contribution >= 4 is 23.2 Å². The van der Waals surface area contributed by atoms with Gasteiger partial charge in [-0.05, 0) is 44.0 Å². The second-order valence-electron chi connectivity index (χ2n) is 7.01. The lowest BCUT2D eigenvalue weighted by Crippen LogP contribution is -2.23. The van der Waals surface area contributed by atoms with Gasteiger partial charge in [0.05, 0.1) is 11.3 Å². The van der Waals surface area contributed by atoms with Crippen LogP contribution in [-0.2, 0) is 6.42 Å². The van der Waals surface area contributed by atoms with Crippen molar-refractivity contribution in [2.45, 2.75) is 26.2 Å². The first kappa shape index (κ1) is 19.6. The highest BCUT2D eigenvalue weighted by Crippen LogP contribution is 2.30. The average molecular weight is 405 g/mol. The summed E-state index contributed by atoms with van der Waals surface area (Å²) < 4.78 is 19.7. The van der Waals surface area contributed by atoms with Crippen LogP contribution in [0, 0.1) is 12.7 Å². The van der Waals surface area contributed by atoms with E-state index in [0.717, 1.165) is 12.0 Å². The number of para-hydroxylation sites is 1. The van der Waals surface area contributed by atoms with Crippen LogP contribution >= 0.6 is 0 Å². The third-order valence-electron chi connectivity index (χ3n) is 4.97. The number of amides is 2. The zero-order chi connectivity index (χ0) is 21.1. The van der Waals surface area contributed by atoms with Gasteiger partial charge in [0.2, 0.25) is 0 Å². The van der Waals surface area contributed by atoms with E-state index < -0.39 is 11.7 Å². The number of nitrogens with zero attached hydrogens (tertiary/aromatic N) is 1. The van der Waals surface area contributed by atoms with Gasteiger partial charge in [-0.25, -0.2) is 9.82 Å². The van der Waals surface area contributed by atoms with Crippen LogP contribution < -0.4 is 10.7 Å². The Kier molecular flexibility index (Phi) is 5.43. The molecule has 0 bridgehead atoms. The van der Waals surface area contributed by atoms with Gasteiger partial charge >= 0.3 is 0 Å². The van der Waals surface area contributed by atoms with Gasteiger partial charge in [-0.1, -0.05) is 30.3 Å². The van der Waals surface area contributed by atoms with Crippen LogP contribution in [0.5, 0.6) is 0 Å². The molecule has 1 aliphatic carbocycles. The standard InChI is InChI=1S/C23H20FN3O3/c1-14-20-18(26-27-22(28)16-10-5-6-11-17(16)24)12-7-13-19(20)30-21(14)23(29)25-15-8-3-2-4-9-15/h2-6,8-11H,7,12-13H2,1H3,(H,25,29)(H,27,28)/b26-18+. The molecule has 0 saturated heterocycles. The van der Waals surface area contributed by atoms with Crippen molar-refractivity contribution in [3.8, 4) is 0 Å². The molecule has 3 aromatic rings. The summed E-state index contributed by atoms with van der Waals surface area (Å²) in [7, 11) is 0. The highest BCUT2D eigenvalue weighted by atomic mass is 19.1. The smallest absolute Gasteiger partial charge is 0.291 e. The third-order valence-corrected chi connectivity index (χ3v) is 4.97. The predicted octanol–water partition coefficient (Wildman–Crippen LogP) is 4.45. The van der Waals surface area contributed by atoms with Crippen molar-refractivity contribution in [2.24, 2.45) is 5.10 Å². The summed E-state index contributed by atoms with van der Waals surface area (Å²) in [5, 5.41) is 7.04. The lowest BCUT2D eigenvalue weighted by molar-refractivity contribution is 0.0949. The average Bonchev–Trinajstić information content (AvgIpc) is 3.10. The van der Waals surface area contributed by atoms with Crippen molar-refractivity contribution in [1.29, 1.82) is 0 Å². The molecule has 0 radical (unpaired) electrons. The van der Waals surface area contributed by atoms with Crippen molar-refractivity contribution in [1.82, 2.24) is 5.43 Å². The second-order valence-corrected chi connectivity index (χ2v) is 7.01. The van der Waals surface area contributed by atoms with Gasteiger partial charge in [0, 0.05) is 23.2 Å². The predicted molar refractivity (Wildman–Crippen MR) is 111 cm³/mol. The van der Waals surface area contributed by atoms with Crippen LogP contribution in [0.4, 0.5) is 10.1 Å². The third kappa shape index (κ3) is 3.87. The molecule has 0 aliphatic heterocycles.